The van der Waals surface area contributed by atoms with E-state index in [4.69, 9.17) is 4.74 Å². The van der Waals surface area contributed by atoms with Crippen LogP contribution in [0.15, 0.2) is 27.6 Å². The first-order valence-corrected chi connectivity index (χ1v) is 8.77. The largest absolute Gasteiger partial charge is 0.417 e. The van der Waals surface area contributed by atoms with Crippen LogP contribution < -0.4 is 0 Å². The first-order chi connectivity index (χ1) is 10.0. The number of benzene rings is 1. The summed E-state index contributed by atoms with van der Waals surface area (Å²) in [7, 11) is -4.26. The van der Waals surface area contributed by atoms with Crippen molar-refractivity contribution in [3.63, 3.8) is 0 Å². The molecule has 1 aliphatic heterocycles. The van der Waals surface area contributed by atoms with Crippen LogP contribution in [-0.4, -0.2) is 38.0 Å². The molecular formula is C13H15BrF3NO3S. The van der Waals surface area contributed by atoms with Gasteiger partial charge in [-0.25, -0.2) is 8.42 Å². The van der Waals surface area contributed by atoms with Crippen molar-refractivity contribution in [2.45, 2.75) is 37.1 Å². The second-order valence-electron chi connectivity index (χ2n) is 5.22. The minimum absolute atomic E-state index is 0.0243. The highest BCUT2D eigenvalue weighted by molar-refractivity contribution is 9.10. The highest BCUT2D eigenvalue weighted by Gasteiger charge is 2.40. The molecule has 124 valence electrons. The highest BCUT2D eigenvalue weighted by atomic mass is 79.9. The molecule has 0 spiro atoms. The van der Waals surface area contributed by atoms with E-state index in [-0.39, 0.29) is 29.8 Å². The van der Waals surface area contributed by atoms with E-state index >= 15 is 0 Å². The SMILES string of the molecule is CC1CN(S(=O)(=O)c2cc(Br)ccc2C(F)(F)F)CC(C)O1. The fraction of sp³-hybridized carbons (Fsp3) is 0.538. The Morgan fingerprint density at radius 3 is 2.27 bits per heavy atom. The van der Waals surface area contributed by atoms with Crippen molar-refractivity contribution in [3.05, 3.63) is 28.2 Å². The van der Waals surface area contributed by atoms with Crippen LogP contribution >= 0.6 is 15.9 Å². The Labute approximate surface area is 135 Å². The maximum Gasteiger partial charge on any atom is 0.417 e. The Kier molecular flexibility index (Phi) is 4.91. The first kappa shape index (κ1) is 17.7. The fourth-order valence-corrected chi connectivity index (χ4v) is 4.75. The van der Waals surface area contributed by atoms with Gasteiger partial charge in [0.1, 0.15) is 0 Å². The van der Waals surface area contributed by atoms with Crippen LogP contribution in [0, 0.1) is 0 Å². The molecule has 1 aromatic carbocycles. The Morgan fingerprint density at radius 1 is 1.23 bits per heavy atom. The Bertz CT molecular complexity index is 653. The monoisotopic (exact) mass is 401 g/mol. The van der Waals surface area contributed by atoms with Crippen LogP contribution in [0.25, 0.3) is 0 Å². The highest BCUT2D eigenvalue weighted by Crippen LogP contribution is 2.37. The minimum atomic E-state index is -4.74. The molecule has 0 amide bonds. The minimum Gasteiger partial charge on any atom is -0.373 e. The molecule has 0 bridgehead atoms. The zero-order chi connectivity index (χ0) is 16.7. The van der Waals surface area contributed by atoms with Gasteiger partial charge in [-0.05, 0) is 32.0 Å². The average Bonchev–Trinajstić information content (AvgIpc) is 2.36. The van der Waals surface area contributed by atoms with Crippen LogP contribution in [0.3, 0.4) is 0 Å². The number of morpholine rings is 1. The van der Waals surface area contributed by atoms with Gasteiger partial charge < -0.3 is 4.74 Å². The van der Waals surface area contributed by atoms with Gasteiger partial charge in [0.05, 0.1) is 22.7 Å². The summed E-state index contributed by atoms with van der Waals surface area (Å²) in [5, 5.41) is 0. The number of halogens is 4. The fourth-order valence-electron chi connectivity index (χ4n) is 2.41. The van der Waals surface area contributed by atoms with Crippen LogP contribution in [0.1, 0.15) is 19.4 Å². The van der Waals surface area contributed by atoms with E-state index in [0.29, 0.717) is 0 Å². The Morgan fingerprint density at radius 2 is 1.77 bits per heavy atom. The summed E-state index contributed by atoms with van der Waals surface area (Å²) in [6.45, 7) is 3.42. The number of rotatable bonds is 2. The summed E-state index contributed by atoms with van der Waals surface area (Å²) in [6, 6.07) is 2.93. The lowest BCUT2D eigenvalue weighted by molar-refractivity contribution is -0.140. The van der Waals surface area contributed by atoms with Gasteiger partial charge in [0, 0.05) is 17.6 Å². The number of nitrogens with zero attached hydrogens (tertiary/aromatic N) is 1. The molecule has 22 heavy (non-hydrogen) atoms. The van der Waals surface area contributed by atoms with Gasteiger partial charge in [-0.3, -0.25) is 0 Å². The molecule has 4 nitrogen and oxygen atoms in total. The predicted molar refractivity (Wildman–Crippen MR) is 77.9 cm³/mol. The molecule has 2 rings (SSSR count). The standard InChI is InChI=1S/C13H15BrF3NO3S/c1-8-6-18(7-9(2)21-8)22(19,20)12-5-10(14)3-4-11(12)13(15,16)17/h3-5,8-9H,6-7H2,1-2H3. The van der Waals surface area contributed by atoms with Gasteiger partial charge in [-0.15, -0.1) is 0 Å². The second-order valence-corrected chi connectivity index (χ2v) is 8.04. The predicted octanol–water partition coefficient (Wildman–Crippen LogP) is 3.27. The second kappa shape index (κ2) is 6.10. The molecule has 0 radical (unpaired) electrons. The normalized spacial score (nSPS) is 24.5. The van der Waals surface area contributed by atoms with Crippen LogP contribution in [0.5, 0.6) is 0 Å². The third kappa shape index (κ3) is 3.64. The quantitative estimate of drug-likeness (QED) is 0.763. The molecule has 1 aliphatic rings. The topological polar surface area (TPSA) is 46.6 Å². The van der Waals surface area contributed by atoms with Gasteiger partial charge in [-0.2, -0.15) is 17.5 Å². The number of sulfonamides is 1. The summed E-state index contributed by atoms with van der Waals surface area (Å²) >= 11 is 3.03. The molecule has 1 heterocycles. The molecular weight excluding hydrogens is 387 g/mol. The maximum atomic E-state index is 13.1. The van der Waals surface area contributed by atoms with E-state index in [1.807, 2.05) is 0 Å². The lowest BCUT2D eigenvalue weighted by Gasteiger charge is -2.34. The van der Waals surface area contributed by atoms with Crippen molar-refractivity contribution in [2.75, 3.05) is 13.1 Å². The Balaban J connectivity index is 2.52. The summed E-state index contributed by atoms with van der Waals surface area (Å²) in [6.07, 6.45) is -5.49. The number of hydrogen-bond acceptors (Lipinski definition) is 3. The van der Waals surface area contributed by atoms with Gasteiger partial charge >= 0.3 is 6.18 Å². The van der Waals surface area contributed by atoms with Crippen molar-refractivity contribution in [1.82, 2.24) is 4.31 Å². The number of alkyl halides is 3. The third-order valence-electron chi connectivity index (χ3n) is 3.25. The van der Waals surface area contributed by atoms with E-state index < -0.39 is 26.7 Å². The van der Waals surface area contributed by atoms with E-state index in [0.717, 1.165) is 16.4 Å². The lowest BCUT2D eigenvalue weighted by atomic mass is 10.2. The van der Waals surface area contributed by atoms with Crippen molar-refractivity contribution in [3.8, 4) is 0 Å². The van der Waals surface area contributed by atoms with Gasteiger partial charge in [0.15, 0.2) is 0 Å². The first-order valence-electron chi connectivity index (χ1n) is 6.54. The molecule has 0 aromatic heterocycles. The summed E-state index contributed by atoms with van der Waals surface area (Å²) < 4.78 is 71.4. The summed E-state index contributed by atoms with van der Waals surface area (Å²) in [5.41, 5.74) is -1.16. The lowest BCUT2D eigenvalue weighted by Crippen LogP contribution is -2.48. The molecule has 0 aliphatic carbocycles. The van der Waals surface area contributed by atoms with E-state index in [1.54, 1.807) is 13.8 Å². The molecule has 9 heteroatoms. The van der Waals surface area contributed by atoms with Crippen molar-refractivity contribution < 1.29 is 26.3 Å². The maximum absolute atomic E-state index is 13.1. The third-order valence-corrected chi connectivity index (χ3v) is 5.62. The molecule has 2 atom stereocenters. The van der Waals surface area contributed by atoms with Gasteiger partial charge in [-0.1, -0.05) is 15.9 Å². The van der Waals surface area contributed by atoms with Crippen molar-refractivity contribution in [1.29, 1.82) is 0 Å². The van der Waals surface area contributed by atoms with Gasteiger partial charge in [0.2, 0.25) is 10.0 Å². The van der Waals surface area contributed by atoms with Gasteiger partial charge in [0.25, 0.3) is 0 Å². The molecule has 1 aromatic rings. The number of hydrogen-bond donors (Lipinski definition) is 0. The van der Waals surface area contributed by atoms with E-state index in [1.165, 1.54) is 6.07 Å². The average molecular weight is 402 g/mol. The van der Waals surface area contributed by atoms with Crippen molar-refractivity contribution in [2.24, 2.45) is 0 Å². The summed E-state index contributed by atoms with van der Waals surface area (Å²) in [4.78, 5) is -0.740. The van der Waals surface area contributed by atoms with Crippen LogP contribution in [0.4, 0.5) is 13.2 Å². The van der Waals surface area contributed by atoms with Crippen LogP contribution in [0.2, 0.25) is 0 Å². The number of ether oxygens (including phenoxy) is 1. The molecule has 1 saturated heterocycles. The molecule has 2 unspecified atom stereocenters. The summed E-state index contributed by atoms with van der Waals surface area (Å²) in [5.74, 6) is 0. The van der Waals surface area contributed by atoms with E-state index in [9.17, 15) is 21.6 Å². The van der Waals surface area contributed by atoms with E-state index in [2.05, 4.69) is 15.9 Å². The zero-order valence-electron chi connectivity index (χ0n) is 11.9. The smallest absolute Gasteiger partial charge is 0.373 e. The molecule has 1 fully saturated rings. The molecule has 0 N–H and O–H groups in total. The molecule has 0 saturated carbocycles. The zero-order valence-corrected chi connectivity index (χ0v) is 14.3. The Hall–Kier alpha value is -0.640. The van der Waals surface area contributed by atoms with Crippen LogP contribution in [-0.2, 0) is 20.9 Å². The van der Waals surface area contributed by atoms with Crippen molar-refractivity contribution >= 4 is 26.0 Å².